The summed E-state index contributed by atoms with van der Waals surface area (Å²) in [4.78, 5) is 8.29. The number of hydrogen-bond acceptors (Lipinski definition) is 17. The molecule has 6 rings (SSSR count). The standard InChI is InChI=1S/C28H34N8O10S/c1-44-20-5-3-14(7-30-20)17-9-36(34-32-17)22-24(41)19(12-39)46-28(26(22)43)47-27-25(42)21(23(40)18(11-38)45-27)35-8-16(31-33-35)13-2-4-15(10-37)29-6-13/h2-9,18-19,21-28,37-43H,10-12H2,1H3/t18?,19-,21+,22?,23+,24?,25?,26-,27+,28?/m1/s1. The predicted octanol–water partition coefficient (Wildman–Crippen LogP) is -2.11. The second-order valence-corrected chi connectivity index (χ2v) is 12.2. The lowest BCUT2D eigenvalue weighted by molar-refractivity contribution is -0.189. The fourth-order valence-corrected chi connectivity index (χ4v) is 6.87. The van der Waals surface area contributed by atoms with Gasteiger partial charge in [-0.1, -0.05) is 22.2 Å². The van der Waals surface area contributed by atoms with Gasteiger partial charge in [0.05, 0.1) is 45.0 Å². The van der Waals surface area contributed by atoms with Crippen LogP contribution in [0.4, 0.5) is 0 Å². The molecule has 18 nitrogen and oxygen atoms in total. The highest BCUT2D eigenvalue weighted by Gasteiger charge is 2.51. The van der Waals surface area contributed by atoms with Gasteiger partial charge in [0.25, 0.3) is 0 Å². The molecule has 5 unspecified atom stereocenters. The maximum Gasteiger partial charge on any atom is 0.212 e. The van der Waals surface area contributed by atoms with Crippen LogP contribution in [0.15, 0.2) is 49.1 Å². The molecule has 4 aromatic heterocycles. The van der Waals surface area contributed by atoms with Gasteiger partial charge in [0.2, 0.25) is 5.88 Å². The molecular formula is C28H34N8O10S. The van der Waals surface area contributed by atoms with Crippen LogP contribution in [0.25, 0.3) is 22.5 Å². The van der Waals surface area contributed by atoms with Crippen molar-refractivity contribution in [2.75, 3.05) is 20.3 Å². The van der Waals surface area contributed by atoms with E-state index >= 15 is 0 Å². The average molecular weight is 675 g/mol. The molecular weight excluding hydrogens is 640 g/mol. The van der Waals surface area contributed by atoms with Crippen molar-refractivity contribution in [2.45, 2.75) is 66.2 Å². The Bertz CT molecular complexity index is 1490. The van der Waals surface area contributed by atoms with E-state index in [1.54, 1.807) is 24.3 Å². The van der Waals surface area contributed by atoms with Crippen molar-refractivity contribution < 1.29 is 50.0 Å². The molecule has 10 atom stereocenters. The van der Waals surface area contributed by atoms with Crippen LogP contribution in [0.1, 0.15) is 17.8 Å². The Balaban J connectivity index is 1.23. The van der Waals surface area contributed by atoms with Gasteiger partial charge in [-0.15, -0.1) is 10.2 Å². The first kappa shape index (κ1) is 33.3. The van der Waals surface area contributed by atoms with Crippen molar-refractivity contribution in [3.05, 3.63) is 54.7 Å². The van der Waals surface area contributed by atoms with Crippen molar-refractivity contribution in [3.63, 3.8) is 0 Å². The molecule has 7 N–H and O–H groups in total. The predicted molar refractivity (Wildman–Crippen MR) is 160 cm³/mol. The summed E-state index contributed by atoms with van der Waals surface area (Å²) in [5, 5.41) is 90.8. The molecule has 47 heavy (non-hydrogen) atoms. The Morgan fingerprint density at radius 2 is 1.23 bits per heavy atom. The zero-order chi connectivity index (χ0) is 33.2. The van der Waals surface area contributed by atoms with E-state index in [4.69, 9.17) is 14.2 Å². The molecule has 0 saturated carbocycles. The molecule has 2 fully saturated rings. The van der Waals surface area contributed by atoms with E-state index in [0.29, 0.717) is 34.1 Å². The number of hydrogen-bond donors (Lipinski definition) is 7. The number of thioether (sulfide) groups is 1. The highest BCUT2D eigenvalue weighted by atomic mass is 32.2. The van der Waals surface area contributed by atoms with Crippen LogP contribution in [0.2, 0.25) is 0 Å². The maximum absolute atomic E-state index is 11.5. The van der Waals surface area contributed by atoms with E-state index in [9.17, 15) is 35.7 Å². The number of aliphatic hydroxyl groups excluding tert-OH is 7. The second-order valence-electron chi connectivity index (χ2n) is 11.0. The quantitative estimate of drug-likeness (QED) is 0.0949. The van der Waals surface area contributed by atoms with E-state index in [-0.39, 0.29) is 6.61 Å². The molecule has 4 aromatic rings. The fraction of sp³-hybridized carbons (Fsp3) is 0.500. The number of nitrogens with zero attached hydrogens (tertiary/aromatic N) is 8. The summed E-state index contributed by atoms with van der Waals surface area (Å²) in [7, 11) is 1.49. The van der Waals surface area contributed by atoms with Crippen LogP contribution in [-0.2, 0) is 16.1 Å². The molecule has 0 aromatic carbocycles. The molecule has 19 heteroatoms. The van der Waals surface area contributed by atoms with Crippen molar-refractivity contribution in [3.8, 4) is 28.4 Å². The summed E-state index contributed by atoms with van der Waals surface area (Å²) < 4.78 is 19.3. The van der Waals surface area contributed by atoms with E-state index in [1.165, 1.54) is 41.3 Å². The van der Waals surface area contributed by atoms with Crippen LogP contribution >= 0.6 is 11.8 Å². The molecule has 2 saturated heterocycles. The van der Waals surface area contributed by atoms with E-state index in [0.717, 1.165) is 11.8 Å². The lowest BCUT2D eigenvalue weighted by Crippen LogP contribution is -2.58. The Hall–Kier alpha value is -3.63. The van der Waals surface area contributed by atoms with Gasteiger partial charge in [0.15, 0.2) is 0 Å². The third-order valence-electron chi connectivity index (χ3n) is 8.12. The minimum Gasteiger partial charge on any atom is -0.481 e. The monoisotopic (exact) mass is 674 g/mol. The summed E-state index contributed by atoms with van der Waals surface area (Å²) in [5.74, 6) is 0.405. The normalized spacial score (nSPS) is 31.1. The highest BCUT2D eigenvalue weighted by Crippen LogP contribution is 2.42. The van der Waals surface area contributed by atoms with Gasteiger partial charge >= 0.3 is 0 Å². The topological polar surface area (TPSA) is 256 Å². The molecule has 2 aliphatic heterocycles. The maximum atomic E-state index is 11.5. The summed E-state index contributed by atoms with van der Waals surface area (Å²) in [6.07, 6.45) is -2.00. The average Bonchev–Trinajstić information content (AvgIpc) is 3.78. The summed E-state index contributed by atoms with van der Waals surface area (Å²) in [6.45, 7) is -1.43. The van der Waals surface area contributed by atoms with Crippen LogP contribution in [-0.4, -0.2) is 144 Å². The van der Waals surface area contributed by atoms with Gasteiger partial charge in [-0.25, -0.2) is 14.3 Å². The lowest BCUT2D eigenvalue weighted by atomic mass is 9.97. The number of rotatable bonds is 10. The van der Waals surface area contributed by atoms with E-state index in [1.807, 2.05) is 0 Å². The number of aliphatic hydroxyl groups is 7. The van der Waals surface area contributed by atoms with Crippen LogP contribution in [0.3, 0.4) is 0 Å². The number of aromatic nitrogens is 8. The van der Waals surface area contributed by atoms with Crippen molar-refractivity contribution in [1.82, 2.24) is 40.0 Å². The molecule has 0 aliphatic carbocycles. The largest absolute Gasteiger partial charge is 0.481 e. The highest BCUT2D eigenvalue weighted by molar-refractivity contribution is 8.00. The Morgan fingerprint density at radius 3 is 1.64 bits per heavy atom. The summed E-state index contributed by atoms with van der Waals surface area (Å²) in [5.41, 5.74) is 0.0445. The Labute approximate surface area is 271 Å². The Morgan fingerprint density at radius 1 is 0.723 bits per heavy atom. The van der Waals surface area contributed by atoms with Gasteiger partial charge in [-0.05, 0) is 18.2 Å². The van der Waals surface area contributed by atoms with Crippen LogP contribution in [0.5, 0.6) is 5.88 Å². The molecule has 0 amide bonds. The van der Waals surface area contributed by atoms with Crippen molar-refractivity contribution in [1.29, 1.82) is 0 Å². The van der Waals surface area contributed by atoms with Crippen LogP contribution < -0.4 is 4.74 Å². The molecule has 0 radical (unpaired) electrons. The van der Waals surface area contributed by atoms with Gasteiger partial charge in [-0.2, -0.15) is 0 Å². The number of ether oxygens (including phenoxy) is 3. The first-order valence-electron chi connectivity index (χ1n) is 14.6. The fourth-order valence-electron chi connectivity index (χ4n) is 5.55. The minimum atomic E-state index is -1.46. The number of methoxy groups -OCH3 is 1. The van der Waals surface area contributed by atoms with Gasteiger partial charge < -0.3 is 50.0 Å². The second kappa shape index (κ2) is 14.2. The van der Waals surface area contributed by atoms with Gasteiger partial charge in [0.1, 0.15) is 71.0 Å². The summed E-state index contributed by atoms with van der Waals surface area (Å²) >= 11 is 0.842. The first-order chi connectivity index (χ1) is 22.8. The van der Waals surface area contributed by atoms with E-state index < -0.39 is 72.8 Å². The van der Waals surface area contributed by atoms with Crippen molar-refractivity contribution >= 4 is 11.8 Å². The zero-order valence-corrected chi connectivity index (χ0v) is 25.7. The SMILES string of the molecule is COc1ccc(-c2cn(C3C(O)[C@@H](CO)OC(S[C@@H]4OC(CO)[C@H](O)[C@H](n5cc(-c6ccc(CO)nc6)nn5)C4O)[C@@H]3O)nn2)cn1. The van der Waals surface area contributed by atoms with Crippen LogP contribution in [0, 0.1) is 0 Å². The zero-order valence-electron chi connectivity index (χ0n) is 24.9. The lowest BCUT2D eigenvalue weighted by Gasteiger charge is -2.46. The van der Waals surface area contributed by atoms with Crippen molar-refractivity contribution in [2.24, 2.45) is 0 Å². The number of pyridine rings is 2. The van der Waals surface area contributed by atoms with Gasteiger partial charge in [-0.3, -0.25) is 4.98 Å². The minimum absolute atomic E-state index is 0.228. The third kappa shape index (κ3) is 6.59. The molecule has 6 heterocycles. The van der Waals surface area contributed by atoms with Gasteiger partial charge in [0, 0.05) is 29.6 Å². The third-order valence-corrected chi connectivity index (χ3v) is 9.44. The Kier molecular flexibility index (Phi) is 10.1. The molecule has 252 valence electrons. The first-order valence-corrected chi connectivity index (χ1v) is 15.5. The molecule has 2 aliphatic rings. The smallest absolute Gasteiger partial charge is 0.212 e. The molecule has 0 bridgehead atoms. The van der Waals surface area contributed by atoms with E-state index in [2.05, 4.69) is 30.6 Å². The molecule has 0 spiro atoms. The summed E-state index contributed by atoms with van der Waals surface area (Å²) in [6, 6.07) is 4.40.